The molecule has 1 aromatic heterocycles. The van der Waals surface area contributed by atoms with Gasteiger partial charge in [-0.3, -0.25) is 9.59 Å². The monoisotopic (exact) mass is 352 g/mol. The van der Waals surface area contributed by atoms with Crippen molar-refractivity contribution in [1.29, 1.82) is 0 Å². The number of ether oxygens (including phenoxy) is 1. The molecule has 0 bridgehead atoms. The van der Waals surface area contributed by atoms with Gasteiger partial charge in [0.05, 0.1) is 18.9 Å². The number of furan rings is 1. The molecule has 1 fully saturated rings. The van der Waals surface area contributed by atoms with Gasteiger partial charge in [0.1, 0.15) is 5.76 Å². The molecular formula is C20H20N2O4. The normalized spacial score (nSPS) is 18.0. The van der Waals surface area contributed by atoms with E-state index in [1.165, 1.54) is 0 Å². The van der Waals surface area contributed by atoms with E-state index in [1.807, 2.05) is 35.2 Å². The van der Waals surface area contributed by atoms with Crippen molar-refractivity contribution in [3.05, 3.63) is 53.9 Å². The van der Waals surface area contributed by atoms with Gasteiger partial charge in [-0.05, 0) is 42.8 Å². The Morgan fingerprint density at radius 2 is 1.73 bits per heavy atom. The van der Waals surface area contributed by atoms with Gasteiger partial charge in [0.2, 0.25) is 0 Å². The van der Waals surface area contributed by atoms with Gasteiger partial charge in [0.25, 0.3) is 5.91 Å². The summed E-state index contributed by atoms with van der Waals surface area (Å²) in [5.41, 5.74) is 2.50. The van der Waals surface area contributed by atoms with Crippen molar-refractivity contribution in [3.8, 4) is 11.3 Å². The minimum atomic E-state index is 0.0344. The van der Waals surface area contributed by atoms with Crippen LogP contribution < -0.4 is 4.90 Å². The minimum Gasteiger partial charge on any atom is -0.453 e. The van der Waals surface area contributed by atoms with Crippen LogP contribution in [0.4, 0.5) is 5.69 Å². The molecule has 6 heteroatoms. The van der Waals surface area contributed by atoms with Crippen LogP contribution in [0.3, 0.4) is 0 Å². The Morgan fingerprint density at radius 1 is 0.962 bits per heavy atom. The van der Waals surface area contributed by atoms with Crippen molar-refractivity contribution in [1.82, 2.24) is 4.90 Å². The van der Waals surface area contributed by atoms with Gasteiger partial charge < -0.3 is 19.0 Å². The SMILES string of the molecule is O=Cc1ccc(-c2ccc(N3CCC=C(N4CCOCC4)C3=O)cc2)o1. The molecule has 0 spiro atoms. The van der Waals surface area contributed by atoms with E-state index in [1.54, 1.807) is 12.1 Å². The number of anilines is 1. The highest BCUT2D eigenvalue weighted by molar-refractivity contribution is 6.06. The van der Waals surface area contributed by atoms with E-state index < -0.39 is 0 Å². The van der Waals surface area contributed by atoms with E-state index in [2.05, 4.69) is 4.90 Å². The van der Waals surface area contributed by atoms with Crippen LogP contribution in [0.15, 0.2) is 52.6 Å². The summed E-state index contributed by atoms with van der Waals surface area (Å²) >= 11 is 0. The van der Waals surface area contributed by atoms with Crippen LogP contribution in [0.2, 0.25) is 0 Å². The maximum atomic E-state index is 12.9. The number of hydrogen-bond donors (Lipinski definition) is 0. The van der Waals surface area contributed by atoms with Gasteiger partial charge in [-0.25, -0.2) is 0 Å². The van der Waals surface area contributed by atoms with Crippen LogP contribution in [0.5, 0.6) is 0 Å². The lowest BCUT2D eigenvalue weighted by Gasteiger charge is -2.35. The Bertz CT molecular complexity index is 832. The summed E-state index contributed by atoms with van der Waals surface area (Å²) in [5, 5.41) is 0. The second-order valence-electron chi connectivity index (χ2n) is 6.30. The Morgan fingerprint density at radius 3 is 2.42 bits per heavy atom. The first kappa shape index (κ1) is 16.6. The lowest BCUT2D eigenvalue weighted by molar-refractivity contribution is -0.117. The minimum absolute atomic E-state index is 0.0344. The zero-order valence-electron chi connectivity index (χ0n) is 14.4. The number of nitrogens with zero attached hydrogens (tertiary/aromatic N) is 2. The summed E-state index contributed by atoms with van der Waals surface area (Å²) in [4.78, 5) is 27.6. The number of hydrogen-bond acceptors (Lipinski definition) is 5. The van der Waals surface area contributed by atoms with Crippen LogP contribution in [0, 0.1) is 0 Å². The fourth-order valence-electron chi connectivity index (χ4n) is 3.35. The summed E-state index contributed by atoms with van der Waals surface area (Å²) in [5.74, 6) is 0.972. The van der Waals surface area contributed by atoms with Crippen molar-refractivity contribution in [3.63, 3.8) is 0 Å². The molecule has 2 aliphatic heterocycles. The number of rotatable bonds is 4. The fourth-order valence-corrected chi connectivity index (χ4v) is 3.35. The molecule has 0 N–H and O–H groups in total. The molecule has 2 aliphatic rings. The van der Waals surface area contributed by atoms with Crippen LogP contribution in [0.25, 0.3) is 11.3 Å². The molecule has 2 aromatic rings. The smallest absolute Gasteiger partial charge is 0.274 e. The average molecular weight is 352 g/mol. The highest BCUT2D eigenvalue weighted by Crippen LogP contribution is 2.27. The van der Waals surface area contributed by atoms with Gasteiger partial charge in [-0.1, -0.05) is 6.08 Å². The Hall–Kier alpha value is -2.86. The molecule has 6 nitrogen and oxygen atoms in total. The van der Waals surface area contributed by atoms with E-state index >= 15 is 0 Å². The summed E-state index contributed by atoms with van der Waals surface area (Å²) < 4.78 is 10.8. The van der Waals surface area contributed by atoms with Gasteiger partial charge in [0, 0.05) is 30.9 Å². The van der Waals surface area contributed by atoms with Crippen molar-refractivity contribution < 1.29 is 18.7 Å². The first-order chi connectivity index (χ1) is 12.8. The quantitative estimate of drug-likeness (QED) is 0.792. The van der Waals surface area contributed by atoms with Crippen molar-refractivity contribution in [2.24, 2.45) is 0 Å². The topological polar surface area (TPSA) is 63.0 Å². The second-order valence-corrected chi connectivity index (χ2v) is 6.30. The second kappa shape index (κ2) is 7.17. The van der Waals surface area contributed by atoms with Gasteiger partial charge >= 0.3 is 0 Å². The van der Waals surface area contributed by atoms with E-state index in [0.29, 0.717) is 37.6 Å². The molecular weight excluding hydrogens is 332 g/mol. The molecule has 3 heterocycles. The van der Waals surface area contributed by atoms with Gasteiger partial charge in [-0.2, -0.15) is 0 Å². The van der Waals surface area contributed by atoms with Gasteiger partial charge in [0.15, 0.2) is 12.0 Å². The van der Waals surface area contributed by atoms with E-state index in [9.17, 15) is 9.59 Å². The predicted octanol–water partition coefficient (Wildman–Crippen LogP) is 2.71. The Labute approximate surface area is 151 Å². The number of carbonyl (C=O) groups excluding carboxylic acids is 2. The van der Waals surface area contributed by atoms with Crippen LogP contribution in [0.1, 0.15) is 17.0 Å². The van der Waals surface area contributed by atoms with Crippen molar-refractivity contribution >= 4 is 17.9 Å². The highest BCUT2D eigenvalue weighted by atomic mass is 16.5. The number of morpholine rings is 1. The van der Waals surface area contributed by atoms with Crippen molar-refractivity contribution in [2.75, 3.05) is 37.7 Å². The highest BCUT2D eigenvalue weighted by Gasteiger charge is 2.28. The third-order valence-corrected chi connectivity index (χ3v) is 4.71. The number of carbonyl (C=O) groups is 2. The summed E-state index contributed by atoms with van der Waals surface area (Å²) in [7, 11) is 0. The number of amides is 1. The standard InChI is InChI=1S/C20H20N2O4/c23-14-17-7-8-19(26-17)15-3-5-16(6-4-15)22-9-1-2-18(20(22)24)21-10-12-25-13-11-21/h2-8,14H,1,9-13H2. The maximum absolute atomic E-state index is 12.9. The first-order valence-corrected chi connectivity index (χ1v) is 8.76. The lowest BCUT2D eigenvalue weighted by Crippen LogP contribution is -2.45. The zero-order chi connectivity index (χ0) is 17.9. The van der Waals surface area contributed by atoms with E-state index in [-0.39, 0.29) is 5.91 Å². The predicted molar refractivity (Wildman–Crippen MR) is 97.0 cm³/mol. The molecule has 0 radical (unpaired) electrons. The third kappa shape index (κ3) is 3.15. The molecule has 0 saturated carbocycles. The molecule has 134 valence electrons. The van der Waals surface area contributed by atoms with Crippen molar-refractivity contribution in [2.45, 2.75) is 6.42 Å². The maximum Gasteiger partial charge on any atom is 0.274 e. The fraction of sp³-hybridized carbons (Fsp3) is 0.300. The van der Waals surface area contributed by atoms with Crippen LogP contribution in [-0.4, -0.2) is 49.9 Å². The average Bonchev–Trinajstić information content (AvgIpc) is 3.18. The summed E-state index contributed by atoms with van der Waals surface area (Å²) in [6, 6.07) is 11.1. The first-order valence-electron chi connectivity index (χ1n) is 8.76. The molecule has 4 rings (SSSR count). The molecule has 0 unspecified atom stereocenters. The summed E-state index contributed by atoms with van der Waals surface area (Å²) in [6.07, 6.45) is 3.55. The molecule has 1 aromatic carbocycles. The van der Waals surface area contributed by atoms with E-state index in [0.717, 1.165) is 36.5 Å². The zero-order valence-corrected chi connectivity index (χ0v) is 14.4. The Balaban J connectivity index is 1.52. The van der Waals surface area contributed by atoms with Gasteiger partial charge in [-0.15, -0.1) is 0 Å². The van der Waals surface area contributed by atoms with Crippen LogP contribution in [-0.2, 0) is 9.53 Å². The molecule has 1 saturated heterocycles. The Kier molecular flexibility index (Phi) is 4.58. The number of benzene rings is 1. The summed E-state index contributed by atoms with van der Waals surface area (Å²) in [6.45, 7) is 3.49. The molecule has 26 heavy (non-hydrogen) atoms. The lowest BCUT2D eigenvalue weighted by atomic mass is 10.1. The molecule has 0 aliphatic carbocycles. The third-order valence-electron chi connectivity index (χ3n) is 4.71. The molecule has 0 atom stereocenters. The molecule has 1 amide bonds. The largest absolute Gasteiger partial charge is 0.453 e. The number of aldehydes is 1. The van der Waals surface area contributed by atoms with E-state index in [4.69, 9.17) is 9.15 Å². The van der Waals surface area contributed by atoms with Crippen LogP contribution >= 0.6 is 0 Å².